The molecule has 2 N–H and O–H groups in total. The predicted octanol–water partition coefficient (Wildman–Crippen LogP) is 1.74. The second-order valence-corrected chi connectivity index (χ2v) is 4.70. The largest absolute Gasteiger partial charge is 0.328 e. The lowest BCUT2D eigenvalue weighted by Crippen LogP contribution is -2.44. The molecular weight excluding hydrogens is 186 g/mol. The Balaban J connectivity index is 2.46. The molecule has 0 spiro atoms. The van der Waals surface area contributed by atoms with Crippen molar-refractivity contribution in [2.24, 2.45) is 11.7 Å². The van der Waals surface area contributed by atoms with Crippen molar-refractivity contribution in [3.05, 3.63) is 0 Å². The van der Waals surface area contributed by atoms with Gasteiger partial charge < -0.3 is 5.73 Å². The van der Waals surface area contributed by atoms with E-state index in [0.717, 1.165) is 19.5 Å². The van der Waals surface area contributed by atoms with Crippen molar-refractivity contribution in [1.29, 1.82) is 5.26 Å². The third-order valence-corrected chi connectivity index (χ3v) is 3.34. The molecule has 0 aromatic heterocycles. The molecule has 3 nitrogen and oxygen atoms in total. The molecule has 3 atom stereocenters. The van der Waals surface area contributed by atoms with Crippen LogP contribution in [0.25, 0.3) is 0 Å². The highest BCUT2D eigenvalue weighted by atomic mass is 15.2. The summed E-state index contributed by atoms with van der Waals surface area (Å²) in [5.74, 6) is 0.128. The molecule has 1 rings (SSSR count). The van der Waals surface area contributed by atoms with Gasteiger partial charge in [0.05, 0.1) is 12.0 Å². The molecule has 0 aromatic carbocycles. The molecule has 15 heavy (non-hydrogen) atoms. The second kappa shape index (κ2) is 6.09. The van der Waals surface area contributed by atoms with Gasteiger partial charge in [-0.1, -0.05) is 13.3 Å². The van der Waals surface area contributed by atoms with E-state index < -0.39 is 0 Å². The van der Waals surface area contributed by atoms with Gasteiger partial charge in [-0.3, -0.25) is 4.90 Å². The van der Waals surface area contributed by atoms with Crippen LogP contribution in [0.15, 0.2) is 0 Å². The maximum absolute atomic E-state index is 8.83. The first-order chi connectivity index (χ1) is 7.17. The summed E-state index contributed by atoms with van der Waals surface area (Å²) < 4.78 is 0. The molecular formula is C12H23N3. The standard InChI is InChI=1S/C12H23N3/c1-3-15(9-10(2)8-13)12-6-4-5-11(14)7-12/h10-12H,3-7,9,14H2,1-2H3. The highest BCUT2D eigenvalue weighted by Gasteiger charge is 2.24. The lowest BCUT2D eigenvalue weighted by molar-refractivity contribution is 0.145. The van der Waals surface area contributed by atoms with E-state index in [-0.39, 0.29) is 5.92 Å². The normalized spacial score (nSPS) is 28.7. The predicted molar refractivity (Wildman–Crippen MR) is 62.3 cm³/mol. The number of hydrogen-bond acceptors (Lipinski definition) is 3. The first-order valence-electron chi connectivity index (χ1n) is 6.06. The Labute approximate surface area is 93.2 Å². The quantitative estimate of drug-likeness (QED) is 0.767. The fraction of sp³-hybridized carbons (Fsp3) is 0.917. The van der Waals surface area contributed by atoms with Gasteiger partial charge in [0.25, 0.3) is 0 Å². The van der Waals surface area contributed by atoms with Crippen LogP contribution in [0.4, 0.5) is 0 Å². The van der Waals surface area contributed by atoms with E-state index in [1.165, 1.54) is 19.3 Å². The molecule has 86 valence electrons. The van der Waals surface area contributed by atoms with Crippen molar-refractivity contribution in [2.45, 2.75) is 51.6 Å². The first kappa shape index (κ1) is 12.5. The van der Waals surface area contributed by atoms with Crippen molar-refractivity contribution in [3.8, 4) is 6.07 Å². The van der Waals surface area contributed by atoms with E-state index in [1.807, 2.05) is 6.92 Å². The summed E-state index contributed by atoms with van der Waals surface area (Å²) in [6.07, 6.45) is 4.76. The maximum atomic E-state index is 8.83. The smallest absolute Gasteiger partial charge is 0.0666 e. The van der Waals surface area contributed by atoms with Crippen LogP contribution in [-0.2, 0) is 0 Å². The first-order valence-corrected chi connectivity index (χ1v) is 6.06. The summed E-state index contributed by atoms with van der Waals surface area (Å²) in [5.41, 5.74) is 5.99. The molecule has 0 radical (unpaired) electrons. The summed E-state index contributed by atoms with van der Waals surface area (Å²) in [4.78, 5) is 2.42. The van der Waals surface area contributed by atoms with Gasteiger partial charge in [0.15, 0.2) is 0 Å². The average Bonchev–Trinajstić information content (AvgIpc) is 2.25. The van der Waals surface area contributed by atoms with Crippen LogP contribution in [0.3, 0.4) is 0 Å². The van der Waals surface area contributed by atoms with Crippen LogP contribution < -0.4 is 5.73 Å². The zero-order valence-corrected chi connectivity index (χ0v) is 9.95. The lowest BCUT2D eigenvalue weighted by atomic mass is 9.90. The monoisotopic (exact) mass is 209 g/mol. The Kier molecular flexibility index (Phi) is 5.07. The molecule has 1 fully saturated rings. The van der Waals surface area contributed by atoms with Crippen LogP contribution in [0.5, 0.6) is 0 Å². The Hall–Kier alpha value is -0.590. The molecule has 1 aliphatic carbocycles. The molecule has 0 aromatic rings. The van der Waals surface area contributed by atoms with Crippen molar-refractivity contribution in [2.75, 3.05) is 13.1 Å². The number of nitrogens with zero attached hydrogens (tertiary/aromatic N) is 2. The number of nitrogens with two attached hydrogens (primary N) is 1. The summed E-state index contributed by atoms with van der Waals surface area (Å²) in [7, 11) is 0. The maximum Gasteiger partial charge on any atom is 0.0666 e. The van der Waals surface area contributed by atoms with E-state index >= 15 is 0 Å². The van der Waals surface area contributed by atoms with Gasteiger partial charge in [0.2, 0.25) is 0 Å². The van der Waals surface area contributed by atoms with Gasteiger partial charge >= 0.3 is 0 Å². The number of nitriles is 1. The highest BCUT2D eigenvalue weighted by molar-refractivity contribution is 4.86. The fourth-order valence-corrected chi connectivity index (χ4v) is 2.46. The summed E-state index contributed by atoms with van der Waals surface area (Å²) in [6.45, 7) is 6.09. The molecule has 3 heteroatoms. The van der Waals surface area contributed by atoms with E-state index in [2.05, 4.69) is 17.9 Å². The summed E-state index contributed by atoms with van der Waals surface area (Å²) >= 11 is 0. The Bertz CT molecular complexity index is 221. The zero-order chi connectivity index (χ0) is 11.3. The SMILES string of the molecule is CCN(CC(C)C#N)C1CCCC(N)C1. The third-order valence-electron chi connectivity index (χ3n) is 3.34. The van der Waals surface area contributed by atoms with Crippen LogP contribution in [0, 0.1) is 17.2 Å². The number of hydrogen-bond donors (Lipinski definition) is 1. The summed E-state index contributed by atoms with van der Waals surface area (Å²) in [6, 6.07) is 3.28. The average molecular weight is 209 g/mol. The zero-order valence-electron chi connectivity index (χ0n) is 9.95. The van der Waals surface area contributed by atoms with Crippen LogP contribution in [-0.4, -0.2) is 30.1 Å². The topological polar surface area (TPSA) is 53.0 Å². The van der Waals surface area contributed by atoms with Crippen LogP contribution >= 0.6 is 0 Å². The van der Waals surface area contributed by atoms with E-state index in [1.54, 1.807) is 0 Å². The van der Waals surface area contributed by atoms with Gasteiger partial charge in [-0.25, -0.2) is 0 Å². The number of rotatable bonds is 4. The van der Waals surface area contributed by atoms with E-state index in [0.29, 0.717) is 12.1 Å². The summed E-state index contributed by atoms with van der Waals surface area (Å²) in [5, 5.41) is 8.83. The van der Waals surface area contributed by atoms with Gasteiger partial charge in [0, 0.05) is 18.6 Å². The highest BCUT2D eigenvalue weighted by Crippen LogP contribution is 2.22. The van der Waals surface area contributed by atoms with Gasteiger partial charge in [-0.15, -0.1) is 0 Å². The molecule has 3 unspecified atom stereocenters. The molecule has 0 heterocycles. The second-order valence-electron chi connectivity index (χ2n) is 4.70. The molecule has 0 saturated heterocycles. The van der Waals surface area contributed by atoms with E-state index in [9.17, 15) is 0 Å². The Morgan fingerprint density at radius 3 is 2.80 bits per heavy atom. The van der Waals surface area contributed by atoms with Crippen molar-refractivity contribution in [1.82, 2.24) is 4.90 Å². The minimum atomic E-state index is 0.128. The molecule has 1 saturated carbocycles. The lowest BCUT2D eigenvalue weighted by Gasteiger charge is -2.36. The molecule has 0 aliphatic heterocycles. The van der Waals surface area contributed by atoms with E-state index in [4.69, 9.17) is 11.0 Å². The van der Waals surface area contributed by atoms with Gasteiger partial charge in [0.1, 0.15) is 0 Å². The fourth-order valence-electron chi connectivity index (χ4n) is 2.46. The molecule has 0 bridgehead atoms. The Morgan fingerprint density at radius 1 is 1.53 bits per heavy atom. The van der Waals surface area contributed by atoms with Crippen molar-refractivity contribution >= 4 is 0 Å². The van der Waals surface area contributed by atoms with Gasteiger partial charge in [-0.05, 0) is 32.7 Å². The van der Waals surface area contributed by atoms with Crippen molar-refractivity contribution < 1.29 is 0 Å². The Morgan fingerprint density at radius 2 is 2.27 bits per heavy atom. The van der Waals surface area contributed by atoms with Crippen LogP contribution in [0.2, 0.25) is 0 Å². The van der Waals surface area contributed by atoms with Crippen molar-refractivity contribution in [3.63, 3.8) is 0 Å². The van der Waals surface area contributed by atoms with Gasteiger partial charge in [-0.2, -0.15) is 5.26 Å². The van der Waals surface area contributed by atoms with Crippen LogP contribution in [0.1, 0.15) is 39.5 Å². The third kappa shape index (κ3) is 3.81. The minimum Gasteiger partial charge on any atom is -0.328 e. The molecule has 0 amide bonds. The molecule has 1 aliphatic rings. The minimum absolute atomic E-state index is 0.128.